The predicted octanol–water partition coefficient (Wildman–Crippen LogP) is 1.12. The Balaban J connectivity index is 2.03. The van der Waals surface area contributed by atoms with Crippen molar-refractivity contribution in [2.75, 3.05) is 4.72 Å². The molecule has 0 unspecified atom stereocenters. The van der Waals surface area contributed by atoms with Gasteiger partial charge in [-0.05, 0) is 35.7 Å². The molecule has 0 atom stereocenters. The molecule has 0 amide bonds. The zero-order valence-electron chi connectivity index (χ0n) is 10.6. The van der Waals surface area contributed by atoms with Crippen LogP contribution in [0.3, 0.4) is 0 Å². The Labute approximate surface area is 119 Å². The summed E-state index contributed by atoms with van der Waals surface area (Å²) in [6.45, 7) is 0. The Morgan fingerprint density at radius 2 is 1.81 bits per heavy atom. The van der Waals surface area contributed by atoms with E-state index in [0.717, 1.165) is 0 Å². The minimum absolute atomic E-state index is 0.000865. The molecule has 8 heteroatoms. The van der Waals surface area contributed by atoms with Crippen molar-refractivity contribution in [2.45, 2.75) is 4.90 Å². The molecular formula is C13H10N4O3S. The molecule has 7 nitrogen and oxygen atoms in total. The first-order valence-electron chi connectivity index (χ1n) is 5.97. The first-order valence-corrected chi connectivity index (χ1v) is 7.46. The third-order valence-corrected chi connectivity index (χ3v) is 4.12. The van der Waals surface area contributed by atoms with E-state index in [9.17, 15) is 13.2 Å². The van der Waals surface area contributed by atoms with Gasteiger partial charge in [-0.1, -0.05) is 0 Å². The Morgan fingerprint density at radius 1 is 1.05 bits per heavy atom. The fraction of sp³-hybridized carbons (Fsp3) is 0. The van der Waals surface area contributed by atoms with Crippen molar-refractivity contribution >= 4 is 26.9 Å². The van der Waals surface area contributed by atoms with Crippen molar-refractivity contribution < 1.29 is 8.42 Å². The number of fused-ring (bicyclic) bond motifs is 1. The van der Waals surface area contributed by atoms with Crippen LogP contribution >= 0.6 is 0 Å². The number of benzene rings is 1. The molecule has 2 heterocycles. The van der Waals surface area contributed by atoms with E-state index in [4.69, 9.17) is 0 Å². The zero-order valence-corrected chi connectivity index (χ0v) is 11.5. The molecule has 0 spiro atoms. The van der Waals surface area contributed by atoms with E-state index in [1.165, 1.54) is 36.7 Å². The number of sulfonamides is 1. The Bertz CT molecular complexity index is 952. The second-order valence-corrected chi connectivity index (χ2v) is 5.93. The summed E-state index contributed by atoms with van der Waals surface area (Å²) >= 11 is 0. The van der Waals surface area contributed by atoms with Crippen LogP contribution in [0.2, 0.25) is 0 Å². The van der Waals surface area contributed by atoms with E-state index in [2.05, 4.69) is 19.7 Å². The summed E-state index contributed by atoms with van der Waals surface area (Å²) in [5.41, 5.74) is 0.325. The second kappa shape index (κ2) is 4.98. The molecule has 2 aromatic heterocycles. The average molecular weight is 302 g/mol. The molecule has 0 bridgehead atoms. The highest BCUT2D eigenvalue weighted by Crippen LogP contribution is 2.18. The fourth-order valence-corrected chi connectivity index (χ4v) is 2.82. The van der Waals surface area contributed by atoms with Gasteiger partial charge in [0.05, 0.1) is 4.90 Å². The van der Waals surface area contributed by atoms with Gasteiger partial charge in [0.15, 0.2) is 0 Å². The maximum Gasteiger partial charge on any atom is 0.264 e. The SMILES string of the molecule is O=c1ccc2cc(S(=O)(=O)Nc3ncccn3)ccc2[nH]1. The molecule has 1 aromatic carbocycles. The number of rotatable bonds is 3. The highest BCUT2D eigenvalue weighted by Gasteiger charge is 2.15. The highest BCUT2D eigenvalue weighted by molar-refractivity contribution is 7.92. The van der Waals surface area contributed by atoms with Gasteiger partial charge in [-0.15, -0.1) is 0 Å². The number of aromatic nitrogens is 3. The van der Waals surface area contributed by atoms with E-state index in [1.54, 1.807) is 12.1 Å². The molecule has 3 rings (SSSR count). The number of hydrogen-bond donors (Lipinski definition) is 2. The molecular weight excluding hydrogens is 292 g/mol. The molecule has 0 radical (unpaired) electrons. The number of nitrogens with one attached hydrogen (secondary N) is 2. The van der Waals surface area contributed by atoms with Crippen LogP contribution in [0.25, 0.3) is 10.9 Å². The molecule has 0 aliphatic carbocycles. The normalized spacial score (nSPS) is 11.4. The van der Waals surface area contributed by atoms with Crippen LogP contribution in [-0.4, -0.2) is 23.4 Å². The van der Waals surface area contributed by atoms with Gasteiger partial charge < -0.3 is 4.98 Å². The molecule has 0 saturated carbocycles. The largest absolute Gasteiger partial charge is 0.322 e. The van der Waals surface area contributed by atoms with E-state index >= 15 is 0 Å². The lowest BCUT2D eigenvalue weighted by Crippen LogP contribution is -2.15. The first-order chi connectivity index (χ1) is 10.0. The van der Waals surface area contributed by atoms with Crippen LogP contribution in [-0.2, 0) is 10.0 Å². The number of aromatic amines is 1. The zero-order chi connectivity index (χ0) is 14.9. The van der Waals surface area contributed by atoms with Gasteiger partial charge >= 0.3 is 0 Å². The van der Waals surface area contributed by atoms with Gasteiger partial charge in [0.25, 0.3) is 10.0 Å². The Hall–Kier alpha value is -2.74. The minimum Gasteiger partial charge on any atom is -0.322 e. The number of anilines is 1. The summed E-state index contributed by atoms with van der Waals surface area (Å²) < 4.78 is 26.8. The number of pyridine rings is 1. The third-order valence-electron chi connectivity index (χ3n) is 2.80. The van der Waals surface area contributed by atoms with Crippen molar-refractivity contribution in [3.8, 4) is 0 Å². The van der Waals surface area contributed by atoms with Crippen molar-refractivity contribution in [2.24, 2.45) is 0 Å². The highest BCUT2D eigenvalue weighted by atomic mass is 32.2. The molecule has 0 aliphatic rings. The molecule has 2 N–H and O–H groups in total. The van der Waals surface area contributed by atoms with Gasteiger partial charge in [0.1, 0.15) is 0 Å². The lowest BCUT2D eigenvalue weighted by molar-refractivity contribution is 0.601. The van der Waals surface area contributed by atoms with Crippen LogP contribution in [0.1, 0.15) is 0 Å². The van der Waals surface area contributed by atoms with Crippen molar-refractivity contribution in [1.82, 2.24) is 15.0 Å². The van der Waals surface area contributed by atoms with Gasteiger partial charge in [-0.25, -0.2) is 23.1 Å². The van der Waals surface area contributed by atoms with Crippen LogP contribution < -0.4 is 10.3 Å². The Morgan fingerprint density at radius 3 is 2.57 bits per heavy atom. The number of H-pyrrole nitrogens is 1. The smallest absolute Gasteiger partial charge is 0.264 e. The third kappa shape index (κ3) is 2.75. The Kier molecular flexibility index (Phi) is 3.15. The predicted molar refractivity (Wildman–Crippen MR) is 77.4 cm³/mol. The lowest BCUT2D eigenvalue weighted by atomic mass is 10.2. The molecule has 21 heavy (non-hydrogen) atoms. The number of hydrogen-bond acceptors (Lipinski definition) is 5. The number of nitrogens with zero attached hydrogens (tertiary/aromatic N) is 2. The van der Waals surface area contributed by atoms with Crippen molar-refractivity contribution in [3.63, 3.8) is 0 Å². The maximum absolute atomic E-state index is 12.2. The summed E-state index contributed by atoms with van der Waals surface area (Å²) in [7, 11) is -3.78. The van der Waals surface area contributed by atoms with Crippen LogP contribution in [0.15, 0.2) is 58.5 Å². The summed E-state index contributed by atoms with van der Waals surface area (Å²) in [5, 5.41) is 0.617. The lowest BCUT2D eigenvalue weighted by Gasteiger charge is -2.07. The maximum atomic E-state index is 12.2. The van der Waals surface area contributed by atoms with Crippen molar-refractivity contribution in [1.29, 1.82) is 0 Å². The van der Waals surface area contributed by atoms with Gasteiger partial charge in [0, 0.05) is 24.0 Å². The molecule has 106 valence electrons. The van der Waals surface area contributed by atoms with E-state index in [1.807, 2.05) is 0 Å². The minimum atomic E-state index is -3.78. The van der Waals surface area contributed by atoms with Crippen molar-refractivity contribution in [3.05, 3.63) is 59.1 Å². The second-order valence-electron chi connectivity index (χ2n) is 4.25. The molecule has 3 aromatic rings. The van der Waals surface area contributed by atoms with Gasteiger partial charge in [-0.2, -0.15) is 0 Å². The van der Waals surface area contributed by atoms with E-state index in [0.29, 0.717) is 10.9 Å². The van der Waals surface area contributed by atoms with Crippen LogP contribution in [0.5, 0.6) is 0 Å². The summed E-state index contributed by atoms with van der Waals surface area (Å²) in [6, 6.07) is 8.90. The summed E-state index contributed by atoms with van der Waals surface area (Å²) in [6.07, 6.45) is 2.88. The van der Waals surface area contributed by atoms with Crippen LogP contribution in [0, 0.1) is 0 Å². The van der Waals surface area contributed by atoms with Gasteiger partial charge in [0.2, 0.25) is 11.5 Å². The molecule has 0 aliphatic heterocycles. The summed E-state index contributed by atoms with van der Waals surface area (Å²) in [4.78, 5) is 21.5. The monoisotopic (exact) mass is 302 g/mol. The van der Waals surface area contributed by atoms with Crippen LogP contribution in [0.4, 0.5) is 5.95 Å². The fourth-order valence-electron chi connectivity index (χ4n) is 1.83. The molecule has 0 saturated heterocycles. The van der Waals surface area contributed by atoms with E-state index < -0.39 is 10.0 Å². The van der Waals surface area contributed by atoms with Gasteiger partial charge in [-0.3, -0.25) is 4.79 Å². The average Bonchev–Trinajstić information content (AvgIpc) is 2.47. The molecule has 0 fully saturated rings. The van der Waals surface area contributed by atoms with E-state index in [-0.39, 0.29) is 16.4 Å². The summed E-state index contributed by atoms with van der Waals surface area (Å²) in [5.74, 6) is -0.000865. The first kappa shape index (κ1) is 13.3. The topological polar surface area (TPSA) is 105 Å². The quantitative estimate of drug-likeness (QED) is 0.754. The standard InChI is InChI=1S/C13H10N4O3S/c18-12-5-2-9-8-10(3-4-11(9)16-12)21(19,20)17-13-14-6-1-7-15-13/h1-8H,(H,16,18)(H,14,15,17).